The molecule has 0 saturated heterocycles. The smallest absolute Gasteiger partial charge is 0.314 e. The molecule has 0 N–H and O–H groups in total. The molecule has 0 amide bonds. The van der Waals surface area contributed by atoms with Crippen LogP contribution in [0.15, 0.2) is 4.95 Å². The molecule has 0 radical (unpaired) electrons. The van der Waals surface area contributed by atoms with Gasteiger partial charge in [0.2, 0.25) is 0 Å². The molecule has 7 heavy (non-hydrogen) atoms. The lowest BCUT2D eigenvalue weighted by Crippen LogP contribution is -1.72. The SMILES string of the molecule is COP(C)(=O)N=O. The Kier molecular flexibility index (Phi) is 2.12. The van der Waals surface area contributed by atoms with E-state index in [1.54, 1.807) is 0 Å². The quantitative estimate of drug-likeness (QED) is 0.409. The molecule has 42 valence electrons. The van der Waals surface area contributed by atoms with Crippen molar-refractivity contribution in [3.63, 3.8) is 0 Å². The van der Waals surface area contributed by atoms with Gasteiger partial charge < -0.3 is 4.52 Å². The summed E-state index contributed by atoms with van der Waals surface area (Å²) in [5.74, 6) is 0. The van der Waals surface area contributed by atoms with Crippen molar-refractivity contribution >= 4 is 7.52 Å². The van der Waals surface area contributed by atoms with E-state index in [2.05, 4.69) is 9.47 Å². The van der Waals surface area contributed by atoms with E-state index in [1.165, 1.54) is 7.11 Å². The first-order chi connectivity index (χ1) is 3.12. The molecule has 0 aromatic rings. The van der Waals surface area contributed by atoms with Crippen molar-refractivity contribution in [1.29, 1.82) is 0 Å². The van der Waals surface area contributed by atoms with Gasteiger partial charge >= 0.3 is 7.52 Å². The number of rotatable bonds is 2. The molecule has 0 aromatic heterocycles. The fourth-order valence-electron chi connectivity index (χ4n) is 0.0333. The zero-order chi connectivity index (χ0) is 5.91. The topological polar surface area (TPSA) is 55.7 Å². The van der Waals surface area contributed by atoms with E-state index in [9.17, 15) is 9.47 Å². The Bertz CT molecular complexity index is 112. The molecule has 1 atom stereocenters. The fourth-order valence-corrected chi connectivity index (χ4v) is 0.100. The van der Waals surface area contributed by atoms with E-state index >= 15 is 0 Å². The standard InChI is InChI=1S/C2H6NO3P/c1-6-7(2,5)3-4/h1-2H3. The van der Waals surface area contributed by atoms with Gasteiger partial charge in [-0.05, 0) is 0 Å². The van der Waals surface area contributed by atoms with Crippen molar-refractivity contribution in [2.45, 2.75) is 0 Å². The van der Waals surface area contributed by atoms with Gasteiger partial charge in [-0.3, -0.25) is 4.57 Å². The maximum atomic E-state index is 10.2. The predicted molar refractivity (Wildman–Crippen MR) is 26.3 cm³/mol. The molecule has 0 spiro atoms. The van der Waals surface area contributed by atoms with Crippen LogP contribution in [0.25, 0.3) is 0 Å². The van der Waals surface area contributed by atoms with Gasteiger partial charge in [0.05, 0.1) is 0 Å². The van der Waals surface area contributed by atoms with Crippen LogP contribution in [-0.2, 0) is 9.09 Å². The van der Waals surface area contributed by atoms with Crippen molar-refractivity contribution in [3.8, 4) is 0 Å². The Morgan fingerprint density at radius 1 is 1.71 bits per heavy atom. The Hall–Kier alpha value is -0.210. The molecule has 1 unspecified atom stereocenters. The normalized spacial score (nSPS) is 18.0. The highest BCUT2D eigenvalue weighted by Gasteiger charge is 2.10. The first kappa shape index (κ1) is 6.79. The molecule has 0 aliphatic rings. The zero-order valence-electron chi connectivity index (χ0n) is 4.12. The second kappa shape index (κ2) is 2.19. The Morgan fingerprint density at radius 2 is 2.14 bits per heavy atom. The summed E-state index contributed by atoms with van der Waals surface area (Å²) >= 11 is 0. The minimum atomic E-state index is -3.08. The van der Waals surface area contributed by atoms with Crippen molar-refractivity contribution < 1.29 is 9.09 Å². The summed E-state index contributed by atoms with van der Waals surface area (Å²) in [4.78, 5) is 11.6. The highest BCUT2D eigenvalue weighted by Crippen LogP contribution is 2.41. The van der Waals surface area contributed by atoms with E-state index in [-0.39, 0.29) is 0 Å². The number of hydrogen-bond donors (Lipinski definition) is 0. The monoisotopic (exact) mass is 123 g/mol. The predicted octanol–water partition coefficient (Wildman–Crippen LogP) is 1.22. The van der Waals surface area contributed by atoms with Crippen LogP contribution in [0.5, 0.6) is 0 Å². The lowest BCUT2D eigenvalue weighted by molar-refractivity contribution is 0.400. The first-order valence-corrected chi connectivity index (χ1v) is 3.63. The molecule has 0 fully saturated rings. The molecule has 0 heterocycles. The molecule has 0 saturated carbocycles. The van der Waals surface area contributed by atoms with Crippen LogP contribution in [0.1, 0.15) is 0 Å². The van der Waals surface area contributed by atoms with E-state index in [4.69, 9.17) is 0 Å². The summed E-state index contributed by atoms with van der Waals surface area (Å²) in [6.07, 6.45) is 0. The average molecular weight is 123 g/mol. The minimum Gasteiger partial charge on any atom is -0.314 e. The van der Waals surface area contributed by atoms with Crippen molar-refractivity contribution in [1.82, 2.24) is 0 Å². The second-order valence-electron chi connectivity index (χ2n) is 1.07. The summed E-state index contributed by atoms with van der Waals surface area (Å²) in [5.41, 5.74) is 0. The molecular formula is C2H6NO3P. The first-order valence-electron chi connectivity index (χ1n) is 1.60. The Morgan fingerprint density at radius 3 is 2.14 bits per heavy atom. The number of hydrogen-bond acceptors (Lipinski definition) is 3. The molecule has 0 aliphatic carbocycles. The van der Waals surface area contributed by atoms with Crippen LogP contribution in [0.3, 0.4) is 0 Å². The van der Waals surface area contributed by atoms with Gasteiger partial charge in [-0.15, -0.1) is 4.91 Å². The minimum absolute atomic E-state index is 1.15. The van der Waals surface area contributed by atoms with E-state index in [0.717, 1.165) is 6.66 Å². The van der Waals surface area contributed by atoms with Crippen LogP contribution in [0.2, 0.25) is 0 Å². The molecule has 0 bridgehead atoms. The Labute approximate surface area is 41.3 Å². The molecule has 0 aliphatic heterocycles. The highest BCUT2D eigenvalue weighted by atomic mass is 31.2. The van der Waals surface area contributed by atoms with Gasteiger partial charge in [-0.1, -0.05) is 0 Å². The van der Waals surface area contributed by atoms with Gasteiger partial charge in [-0.25, -0.2) is 0 Å². The maximum absolute atomic E-state index is 10.2. The van der Waals surface area contributed by atoms with Gasteiger partial charge in [0, 0.05) is 18.7 Å². The van der Waals surface area contributed by atoms with Crippen LogP contribution in [-0.4, -0.2) is 13.8 Å². The van der Waals surface area contributed by atoms with Gasteiger partial charge in [-0.2, -0.15) is 0 Å². The summed E-state index contributed by atoms with van der Waals surface area (Å²) in [5, 5.41) is 0. The fraction of sp³-hybridized carbons (Fsp3) is 1.00. The van der Waals surface area contributed by atoms with Crippen LogP contribution in [0.4, 0.5) is 0 Å². The summed E-state index contributed by atoms with van der Waals surface area (Å²) in [6.45, 7) is 1.15. The van der Waals surface area contributed by atoms with Crippen molar-refractivity contribution in [3.05, 3.63) is 4.91 Å². The average Bonchev–Trinajstić information content (AvgIpc) is 1.68. The lowest BCUT2D eigenvalue weighted by Gasteiger charge is -1.94. The second-order valence-corrected chi connectivity index (χ2v) is 3.20. The molecule has 5 heteroatoms. The summed E-state index contributed by atoms with van der Waals surface area (Å²) in [7, 11) is -1.90. The van der Waals surface area contributed by atoms with Crippen molar-refractivity contribution in [2.75, 3.05) is 13.8 Å². The van der Waals surface area contributed by atoms with Gasteiger partial charge in [0.1, 0.15) is 0 Å². The summed E-state index contributed by atoms with van der Waals surface area (Å²) in [6, 6.07) is 0. The highest BCUT2D eigenvalue weighted by molar-refractivity contribution is 7.56. The molecule has 4 nitrogen and oxygen atoms in total. The van der Waals surface area contributed by atoms with Crippen LogP contribution >= 0.6 is 7.52 Å². The zero-order valence-corrected chi connectivity index (χ0v) is 5.01. The third kappa shape index (κ3) is 2.48. The molecular weight excluding hydrogens is 117 g/mol. The van der Waals surface area contributed by atoms with E-state index < -0.39 is 7.52 Å². The largest absolute Gasteiger partial charge is 0.349 e. The maximum Gasteiger partial charge on any atom is 0.349 e. The Balaban J connectivity index is 3.85. The third-order valence-corrected chi connectivity index (χ3v) is 1.46. The van der Waals surface area contributed by atoms with E-state index in [0.29, 0.717) is 0 Å². The van der Waals surface area contributed by atoms with Gasteiger partial charge in [0.15, 0.2) is 0 Å². The summed E-state index contributed by atoms with van der Waals surface area (Å²) < 4.78 is 14.4. The van der Waals surface area contributed by atoms with Crippen LogP contribution in [0, 0.1) is 4.91 Å². The van der Waals surface area contributed by atoms with Gasteiger partial charge in [0.25, 0.3) is 0 Å². The molecule has 0 rings (SSSR count). The number of nitroso groups, excluding NO2 is 1. The third-order valence-electron chi connectivity index (χ3n) is 0.487. The van der Waals surface area contributed by atoms with Crippen molar-refractivity contribution in [2.24, 2.45) is 4.95 Å². The number of nitrogens with zero attached hydrogens (tertiary/aromatic N) is 1. The van der Waals surface area contributed by atoms with Crippen LogP contribution < -0.4 is 0 Å². The van der Waals surface area contributed by atoms with E-state index in [1.807, 2.05) is 0 Å². The lowest BCUT2D eigenvalue weighted by atomic mass is 11.8. The molecule has 0 aromatic carbocycles.